The molecule has 2 aromatic carbocycles. The van der Waals surface area contributed by atoms with Crippen molar-refractivity contribution in [3.8, 4) is 0 Å². The number of ether oxygens (including phenoxy) is 1. The SMILES string of the molecule is COC(=O)[C@H](Cc1ccc2c(c1)oc1ccccc12)N[C@H](C)P(=O)(OC)OC. The van der Waals surface area contributed by atoms with E-state index in [0.29, 0.717) is 6.42 Å². The zero-order chi connectivity index (χ0) is 20.3. The van der Waals surface area contributed by atoms with E-state index in [4.69, 9.17) is 18.2 Å². The Bertz CT molecular complexity index is 1020. The summed E-state index contributed by atoms with van der Waals surface area (Å²) in [6.45, 7) is 1.65. The highest BCUT2D eigenvalue weighted by Crippen LogP contribution is 2.50. The molecule has 0 spiro atoms. The van der Waals surface area contributed by atoms with Crippen LogP contribution in [0.1, 0.15) is 12.5 Å². The molecular formula is C20H24NO6P. The minimum Gasteiger partial charge on any atom is -0.468 e. The van der Waals surface area contributed by atoms with Crippen LogP contribution in [-0.4, -0.2) is 39.1 Å². The minimum atomic E-state index is -3.38. The quantitative estimate of drug-likeness (QED) is 0.446. The van der Waals surface area contributed by atoms with Crippen LogP contribution in [0.4, 0.5) is 0 Å². The molecule has 0 saturated carbocycles. The molecule has 3 aromatic rings. The first-order valence-corrected chi connectivity index (χ1v) is 10.5. The molecule has 1 aromatic heterocycles. The summed E-state index contributed by atoms with van der Waals surface area (Å²) >= 11 is 0. The van der Waals surface area contributed by atoms with E-state index in [1.54, 1.807) is 6.92 Å². The molecule has 0 aliphatic heterocycles. The number of fused-ring (bicyclic) bond motifs is 3. The van der Waals surface area contributed by atoms with Gasteiger partial charge in [0.15, 0.2) is 0 Å². The van der Waals surface area contributed by atoms with Crippen LogP contribution in [-0.2, 0) is 29.6 Å². The van der Waals surface area contributed by atoms with E-state index < -0.39 is 25.4 Å². The van der Waals surface area contributed by atoms with Crippen LogP contribution in [0.5, 0.6) is 0 Å². The number of carbonyl (C=O) groups excluding carboxylic acids is 1. The van der Waals surface area contributed by atoms with Gasteiger partial charge in [0, 0.05) is 25.0 Å². The van der Waals surface area contributed by atoms with Crippen LogP contribution in [0.25, 0.3) is 21.9 Å². The standard InChI is InChI=1S/C20H24NO6P/c1-13(28(23,25-3)26-4)21-17(20(22)24-2)11-14-9-10-16-15-7-5-6-8-18(15)27-19(16)12-14/h5-10,12-13,17,21H,11H2,1-4H3/t13-,17-/m0/s1. The highest BCUT2D eigenvalue weighted by molar-refractivity contribution is 7.54. The first-order chi connectivity index (χ1) is 13.4. The lowest BCUT2D eigenvalue weighted by Crippen LogP contribution is -2.44. The van der Waals surface area contributed by atoms with Crippen LogP contribution < -0.4 is 5.32 Å². The van der Waals surface area contributed by atoms with Gasteiger partial charge in [-0.05, 0) is 31.0 Å². The Morgan fingerprint density at radius 2 is 1.75 bits per heavy atom. The normalized spacial score (nSPS) is 14.3. The summed E-state index contributed by atoms with van der Waals surface area (Å²) < 4.78 is 33.4. The van der Waals surface area contributed by atoms with Crippen molar-refractivity contribution in [2.24, 2.45) is 0 Å². The van der Waals surface area contributed by atoms with Gasteiger partial charge in [-0.2, -0.15) is 0 Å². The topological polar surface area (TPSA) is 87.0 Å². The largest absolute Gasteiger partial charge is 0.468 e. The summed E-state index contributed by atoms with van der Waals surface area (Å²) in [4.78, 5) is 12.3. The number of rotatable bonds is 8. The molecule has 0 radical (unpaired) electrons. The number of hydrogen-bond acceptors (Lipinski definition) is 7. The fourth-order valence-corrected chi connectivity index (χ4v) is 4.40. The Morgan fingerprint density at radius 3 is 2.43 bits per heavy atom. The Morgan fingerprint density at radius 1 is 1.07 bits per heavy atom. The van der Waals surface area contributed by atoms with Gasteiger partial charge in [-0.25, -0.2) is 0 Å². The first kappa shape index (κ1) is 20.6. The van der Waals surface area contributed by atoms with Crippen LogP contribution in [0.3, 0.4) is 0 Å². The predicted octanol–water partition coefficient (Wildman–Crippen LogP) is 4.09. The second-order valence-electron chi connectivity index (χ2n) is 6.46. The van der Waals surface area contributed by atoms with Crippen molar-refractivity contribution in [2.45, 2.75) is 25.2 Å². The summed E-state index contributed by atoms with van der Waals surface area (Å²) in [5.74, 6) is -1.16. The Hall–Kier alpha value is -2.18. The average Bonchev–Trinajstić information content (AvgIpc) is 3.09. The van der Waals surface area contributed by atoms with E-state index >= 15 is 0 Å². The lowest BCUT2D eigenvalue weighted by molar-refractivity contribution is -0.143. The number of hydrogen-bond donors (Lipinski definition) is 1. The Kier molecular flexibility index (Phi) is 6.20. The van der Waals surface area contributed by atoms with Crippen molar-refractivity contribution in [1.82, 2.24) is 5.32 Å². The Balaban J connectivity index is 1.87. The van der Waals surface area contributed by atoms with Gasteiger partial charge in [0.05, 0.1) is 7.11 Å². The van der Waals surface area contributed by atoms with Crippen molar-refractivity contribution in [2.75, 3.05) is 21.3 Å². The van der Waals surface area contributed by atoms with Gasteiger partial charge < -0.3 is 18.2 Å². The highest BCUT2D eigenvalue weighted by Gasteiger charge is 2.34. The molecule has 8 heteroatoms. The molecule has 0 fully saturated rings. The second kappa shape index (κ2) is 8.45. The van der Waals surface area contributed by atoms with Crippen LogP contribution in [0.2, 0.25) is 0 Å². The minimum absolute atomic E-state index is 0.331. The van der Waals surface area contributed by atoms with E-state index in [9.17, 15) is 9.36 Å². The zero-order valence-electron chi connectivity index (χ0n) is 16.3. The molecular weight excluding hydrogens is 381 g/mol. The maximum atomic E-state index is 12.5. The van der Waals surface area contributed by atoms with Crippen LogP contribution >= 0.6 is 7.60 Å². The van der Waals surface area contributed by atoms with E-state index in [2.05, 4.69) is 5.32 Å². The third-order valence-electron chi connectivity index (χ3n) is 4.79. The monoisotopic (exact) mass is 405 g/mol. The van der Waals surface area contributed by atoms with Crippen LogP contribution in [0.15, 0.2) is 46.9 Å². The first-order valence-electron chi connectivity index (χ1n) is 8.87. The third-order valence-corrected chi connectivity index (χ3v) is 6.91. The number of benzene rings is 2. The maximum Gasteiger partial charge on any atom is 0.346 e. The summed E-state index contributed by atoms with van der Waals surface area (Å²) in [5.41, 5.74) is 2.44. The molecule has 7 nitrogen and oxygen atoms in total. The van der Waals surface area contributed by atoms with Gasteiger partial charge in [-0.1, -0.05) is 30.3 Å². The smallest absolute Gasteiger partial charge is 0.346 e. The molecule has 0 unspecified atom stereocenters. The zero-order valence-corrected chi connectivity index (χ0v) is 17.2. The molecule has 0 bridgehead atoms. The predicted molar refractivity (Wildman–Crippen MR) is 107 cm³/mol. The molecule has 1 heterocycles. The number of para-hydroxylation sites is 1. The number of carbonyl (C=O) groups is 1. The van der Waals surface area contributed by atoms with Gasteiger partial charge in [0.25, 0.3) is 0 Å². The van der Waals surface area contributed by atoms with Crippen molar-refractivity contribution in [1.29, 1.82) is 0 Å². The van der Waals surface area contributed by atoms with Gasteiger partial charge in [0.1, 0.15) is 23.0 Å². The molecule has 0 aliphatic rings. The van der Waals surface area contributed by atoms with E-state index in [1.807, 2.05) is 42.5 Å². The fourth-order valence-electron chi connectivity index (χ4n) is 3.26. The molecule has 0 amide bonds. The van der Waals surface area contributed by atoms with Gasteiger partial charge >= 0.3 is 13.6 Å². The van der Waals surface area contributed by atoms with E-state index in [1.165, 1.54) is 21.3 Å². The summed E-state index contributed by atoms with van der Waals surface area (Å²) in [6, 6.07) is 12.9. The summed E-state index contributed by atoms with van der Waals surface area (Å²) in [5, 5.41) is 5.07. The van der Waals surface area contributed by atoms with E-state index in [-0.39, 0.29) is 0 Å². The number of furan rings is 1. The molecule has 0 saturated heterocycles. The van der Waals surface area contributed by atoms with Crippen molar-refractivity contribution in [3.63, 3.8) is 0 Å². The van der Waals surface area contributed by atoms with Gasteiger partial charge in [-0.3, -0.25) is 14.7 Å². The Labute approximate surface area is 163 Å². The number of methoxy groups -OCH3 is 1. The third kappa shape index (κ3) is 3.98. The maximum absolute atomic E-state index is 12.5. The van der Waals surface area contributed by atoms with E-state index in [0.717, 1.165) is 27.5 Å². The second-order valence-corrected chi connectivity index (χ2v) is 9.04. The van der Waals surface area contributed by atoms with Crippen molar-refractivity contribution in [3.05, 3.63) is 48.0 Å². The van der Waals surface area contributed by atoms with Crippen LogP contribution in [0, 0.1) is 0 Å². The summed E-state index contributed by atoms with van der Waals surface area (Å²) in [7, 11) is 0.560. The lowest BCUT2D eigenvalue weighted by Gasteiger charge is -2.26. The molecule has 28 heavy (non-hydrogen) atoms. The molecule has 2 atom stereocenters. The van der Waals surface area contributed by atoms with Gasteiger partial charge in [-0.15, -0.1) is 0 Å². The fraction of sp³-hybridized carbons (Fsp3) is 0.350. The number of esters is 1. The lowest BCUT2D eigenvalue weighted by atomic mass is 10.0. The van der Waals surface area contributed by atoms with Crippen molar-refractivity contribution >= 4 is 35.5 Å². The molecule has 0 aliphatic carbocycles. The highest BCUT2D eigenvalue weighted by atomic mass is 31.2. The van der Waals surface area contributed by atoms with Crippen molar-refractivity contribution < 1.29 is 27.6 Å². The van der Waals surface area contributed by atoms with Gasteiger partial charge in [0.2, 0.25) is 0 Å². The average molecular weight is 405 g/mol. The molecule has 3 rings (SSSR count). The molecule has 150 valence electrons. The number of nitrogens with one attached hydrogen (secondary N) is 1. The summed E-state index contributed by atoms with van der Waals surface area (Å²) in [6.07, 6.45) is 0.331. The molecule has 1 N–H and O–H groups in total.